The molecule has 3 nitrogen and oxygen atoms in total. The SMILES string of the molecule is CCc1ccc(C(C)Nc2cc(Br)nc(C)n2)cc1. The summed E-state index contributed by atoms with van der Waals surface area (Å²) in [5.41, 5.74) is 2.61. The smallest absolute Gasteiger partial charge is 0.131 e. The maximum Gasteiger partial charge on any atom is 0.131 e. The van der Waals surface area contributed by atoms with Gasteiger partial charge in [-0.15, -0.1) is 0 Å². The number of halogens is 1. The Balaban J connectivity index is 2.13. The van der Waals surface area contributed by atoms with Crippen molar-refractivity contribution in [3.05, 3.63) is 51.9 Å². The maximum atomic E-state index is 4.38. The predicted octanol–water partition coefficient (Wildman–Crippen LogP) is 4.28. The van der Waals surface area contributed by atoms with Gasteiger partial charge in [-0.05, 0) is 47.3 Å². The number of benzene rings is 1. The van der Waals surface area contributed by atoms with Crippen LogP contribution in [0.1, 0.15) is 36.8 Å². The second-order valence-corrected chi connectivity index (χ2v) is 5.40. The molecule has 0 aliphatic heterocycles. The summed E-state index contributed by atoms with van der Waals surface area (Å²) in [7, 11) is 0. The quantitative estimate of drug-likeness (QED) is 0.854. The third-order valence-corrected chi connectivity index (χ3v) is 3.47. The highest BCUT2D eigenvalue weighted by Gasteiger charge is 2.07. The molecule has 0 aliphatic rings. The Labute approximate surface area is 122 Å². The van der Waals surface area contributed by atoms with Crippen molar-refractivity contribution in [1.29, 1.82) is 0 Å². The molecule has 0 fully saturated rings. The highest BCUT2D eigenvalue weighted by Crippen LogP contribution is 2.20. The molecule has 1 aromatic heterocycles. The van der Waals surface area contributed by atoms with Gasteiger partial charge >= 0.3 is 0 Å². The van der Waals surface area contributed by atoms with Gasteiger partial charge in [0.25, 0.3) is 0 Å². The van der Waals surface area contributed by atoms with Crippen LogP contribution in [0, 0.1) is 6.92 Å². The fourth-order valence-corrected chi connectivity index (χ4v) is 2.43. The monoisotopic (exact) mass is 319 g/mol. The Morgan fingerprint density at radius 3 is 2.47 bits per heavy atom. The molecular formula is C15H18BrN3. The fourth-order valence-electron chi connectivity index (χ4n) is 1.95. The van der Waals surface area contributed by atoms with Crippen molar-refractivity contribution in [3.8, 4) is 0 Å². The number of nitrogens with zero attached hydrogens (tertiary/aromatic N) is 2. The fraction of sp³-hybridized carbons (Fsp3) is 0.333. The zero-order valence-corrected chi connectivity index (χ0v) is 13.0. The first-order chi connectivity index (χ1) is 9.08. The van der Waals surface area contributed by atoms with E-state index in [1.807, 2.05) is 13.0 Å². The van der Waals surface area contributed by atoms with Gasteiger partial charge in [0, 0.05) is 12.1 Å². The van der Waals surface area contributed by atoms with Crippen LogP contribution in [0.3, 0.4) is 0 Å². The molecule has 2 aromatic rings. The lowest BCUT2D eigenvalue weighted by atomic mass is 10.1. The van der Waals surface area contributed by atoms with Crippen LogP contribution in [0.15, 0.2) is 34.9 Å². The molecule has 0 saturated heterocycles. The van der Waals surface area contributed by atoms with Gasteiger partial charge in [0.2, 0.25) is 0 Å². The van der Waals surface area contributed by atoms with E-state index in [1.54, 1.807) is 0 Å². The summed E-state index contributed by atoms with van der Waals surface area (Å²) in [4.78, 5) is 8.58. The highest BCUT2D eigenvalue weighted by molar-refractivity contribution is 9.10. The minimum Gasteiger partial charge on any atom is -0.363 e. The van der Waals surface area contributed by atoms with Crippen LogP contribution >= 0.6 is 15.9 Å². The van der Waals surface area contributed by atoms with Crippen molar-refractivity contribution in [2.75, 3.05) is 5.32 Å². The number of aromatic nitrogens is 2. The molecule has 0 radical (unpaired) electrons. The van der Waals surface area contributed by atoms with Gasteiger partial charge in [0.15, 0.2) is 0 Å². The zero-order chi connectivity index (χ0) is 13.8. The predicted molar refractivity (Wildman–Crippen MR) is 82.3 cm³/mol. The third-order valence-electron chi connectivity index (χ3n) is 3.06. The Kier molecular flexibility index (Phi) is 4.53. The Hall–Kier alpha value is -1.42. The minimum absolute atomic E-state index is 0.215. The Bertz CT molecular complexity index is 532. The van der Waals surface area contributed by atoms with Crippen molar-refractivity contribution >= 4 is 21.7 Å². The molecule has 1 N–H and O–H groups in total. The largest absolute Gasteiger partial charge is 0.363 e. The number of nitrogens with one attached hydrogen (secondary N) is 1. The zero-order valence-electron chi connectivity index (χ0n) is 11.4. The van der Waals surface area contributed by atoms with Crippen molar-refractivity contribution in [3.63, 3.8) is 0 Å². The first-order valence-corrected chi connectivity index (χ1v) is 7.24. The summed E-state index contributed by atoms with van der Waals surface area (Å²) in [6, 6.07) is 10.8. The van der Waals surface area contributed by atoms with E-state index in [2.05, 4.69) is 69.3 Å². The van der Waals surface area contributed by atoms with Crippen molar-refractivity contribution in [2.45, 2.75) is 33.2 Å². The summed E-state index contributed by atoms with van der Waals surface area (Å²) in [5.74, 6) is 1.59. The van der Waals surface area contributed by atoms with Crippen molar-refractivity contribution < 1.29 is 0 Å². The molecule has 0 aliphatic carbocycles. The normalized spacial score (nSPS) is 12.2. The lowest BCUT2D eigenvalue weighted by Crippen LogP contribution is -2.09. The third kappa shape index (κ3) is 3.77. The van der Waals surface area contributed by atoms with E-state index in [0.717, 1.165) is 22.7 Å². The first kappa shape index (κ1) is 14.0. The number of aryl methyl sites for hydroxylation is 2. The molecule has 1 atom stereocenters. The molecule has 0 saturated carbocycles. The molecule has 19 heavy (non-hydrogen) atoms. The van der Waals surface area contributed by atoms with Crippen LogP contribution < -0.4 is 5.32 Å². The van der Waals surface area contributed by atoms with E-state index < -0.39 is 0 Å². The first-order valence-electron chi connectivity index (χ1n) is 6.45. The summed E-state index contributed by atoms with van der Waals surface area (Å²) < 4.78 is 0.802. The van der Waals surface area contributed by atoms with E-state index in [0.29, 0.717) is 0 Å². The van der Waals surface area contributed by atoms with Gasteiger partial charge in [0.05, 0.1) is 0 Å². The van der Waals surface area contributed by atoms with E-state index in [1.165, 1.54) is 11.1 Å². The summed E-state index contributed by atoms with van der Waals surface area (Å²) in [6.45, 7) is 6.18. The van der Waals surface area contributed by atoms with E-state index in [9.17, 15) is 0 Å². The summed E-state index contributed by atoms with van der Waals surface area (Å²) in [5, 5.41) is 3.40. The molecule has 0 amide bonds. The molecule has 2 rings (SSSR count). The van der Waals surface area contributed by atoms with Crippen LogP contribution in [0.2, 0.25) is 0 Å². The second kappa shape index (κ2) is 6.15. The molecule has 1 aromatic carbocycles. The van der Waals surface area contributed by atoms with Crippen LogP contribution in [-0.2, 0) is 6.42 Å². The molecule has 1 heterocycles. The minimum atomic E-state index is 0.215. The van der Waals surface area contributed by atoms with Crippen LogP contribution in [0.25, 0.3) is 0 Å². The van der Waals surface area contributed by atoms with Gasteiger partial charge in [-0.1, -0.05) is 31.2 Å². The molecule has 0 bridgehead atoms. The van der Waals surface area contributed by atoms with Crippen LogP contribution in [-0.4, -0.2) is 9.97 Å². The average molecular weight is 320 g/mol. The topological polar surface area (TPSA) is 37.8 Å². The molecule has 4 heteroatoms. The lowest BCUT2D eigenvalue weighted by molar-refractivity contribution is 0.864. The molecule has 100 valence electrons. The van der Waals surface area contributed by atoms with E-state index >= 15 is 0 Å². The Morgan fingerprint density at radius 1 is 1.21 bits per heavy atom. The number of rotatable bonds is 4. The summed E-state index contributed by atoms with van der Waals surface area (Å²) >= 11 is 3.39. The van der Waals surface area contributed by atoms with Gasteiger partial charge < -0.3 is 5.32 Å². The van der Waals surface area contributed by atoms with Gasteiger partial charge in [-0.2, -0.15) is 0 Å². The van der Waals surface area contributed by atoms with Crippen molar-refractivity contribution in [1.82, 2.24) is 9.97 Å². The van der Waals surface area contributed by atoms with E-state index in [4.69, 9.17) is 0 Å². The standard InChI is InChI=1S/C15H18BrN3/c1-4-12-5-7-13(8-6-12)10(2)17-15-9-14(16)18-11(3)19-15/h5-10H,4H2,1-3H3,(H,17,18,19). The lowest BCUT2D eigenvalue weighted by Gasteiger charge is -2.15. The number of anilines is 1. The second-order valence-electron chi connectivity index (χ2n) is 4.58. The van der Waals surface area contributed by atoms with E-state index in [-0.39, 0.29) is 6.04 Å². The summed E-state index contributed by atoms with van der Waals surface area (Å²) in [6.07, 6.45) is 1.07. The molecular weight excluding hydrogens is 302 g/mol. The molecule has 0 spiro atoms. The van der Waals surface area contributed by atoms with Gasteiger partial charge in [-0.25, -0.2) is 9.97 Å². The maximum absolute atomic E-state index is 4.38. The highest BCUT2D eigenvalue weighted by atomic mass is 79.9. The van der Waals surface area contributed by atoms with Crippen molar-refractivity contribution in [2.24, 2.45) is 0 Å². The number of hydrogen-bond donors (Lipinski definition) is 1. The van der Waals surface area contributed by atoms with Gasteiger partial charge in [-0.3, -0.25) is 0 Å². The van der Waals surface area contributed by atoms with Crippen LogP contribution in [0.5, 0.6) is 0 Å². The molecule has 1 unspecified atom stereocenters. The van der Waals surface area contributed by atoms with Crippen LogP contribution in [0.4, 0.5) is 5.82 Å². The van der Waals surface area contributed by atoms with Gasteiger partial charge in [0.1, 0.15) is 16.2 Å². The Morgan fingerprint density at radius 2 is 1.89 bits per heavy atom. The average Bonchev–Trinajstić information content (AvgIpc) is 2.37. The number of hydrogen-bond acceptors (Lipinski definition) is 3.